The number of hydrogen-bond acceptors (Lipinski definition) is 4. The molecule has 0 aliphatic carbocycles. The van der Waals surface area contributed by atoms with Crippen LogP contribution in [0.4, 0.5) is 0 Å². The second kappa shape index (κ2) is 5.62. The van der Waals surface area contributed by atoms with E-state index in [1.165, 1.54) is 0 Å². The molecule has 0 saturated heterocycles. The molecule has 5 heteroatoms. The number of nitrogens with one attached hydrogen (secondary N) is 2. The van der Waals surface area contributed by atoms with E-state index in [9.17, 15) is 0 Å². The third kappa shape index (κ3) is 3.35. The van der Waals surface area contributed by atoms with Gasteiger partial charge in [-0.15, -0.1) is 5.10 Å². The molecule has 1 heterocycles. The first kappa shape index (κ1) is 11.0. The number of hydrogen-bond donors (Lipinski definition) is 2. The predicted molar refractivity (Wildman–Crippen MR) is 53.5 cm³/mol. The fourth-order valence-corrected chi connectivity index (χ4v) is 1.17. The summed E-state index contributed by atoms with van der Waals surface area (Å²) in [6, 6.07) is 1.86. The highest BCUT2D eigenvalue weighted by molar-refractivity contribution is 5.12. The van der Waals surface area contributed by atoms with E-state index in [0.29, 0.717) is 12.5 Å². The number of aromatic amines is 1. The van der Waals surface area contributed by atoms with Gasteiger partial charge in [-0.2, -0.15) is 0 Å². The average molecular weight is 199 g/mol. The Morgan fingerprint density at radius 2 is 2.43 bits per heavy atom. The second-order valence-electron chi connectivity index (χ2n) is 3.14. The molecule has 80 valence electrons. The highest BCUT2D eigenvalue weighted by Crippen LogP contribution is 2.09. The molecule has 1 atom stereocenters. The third-order valence-electron chi connectivity index (χ3n) is 1.75. The summed E-state index contributed by atoms with van der Waals surface area (Å²) < 4.78 is 10.6. The molecule has 0 bridgehead atoms. The molecule has 1 unspecified atom stereocenters. The van der Waals surface area contributed by atoms with Crippen molar-refractivity contribution >= 4 is 0 Å². The van der Waals surface area contributed by atoms with Gasteiger partial charge in [0.2, 0.25) is 5.88 Å². The monoisotopic (exact) mass is 199 g/mol. The lowest BCUT2D eigenvalue weighted by Crippen LogP contribution is -2.33. The summed E-state index contributed by atoms with van der Waals surface area (Å²) in [5, 5.41) is 9.85. The molecule has 0 aromatic carbocycles. The van der Waals surface area contributed by atoms with Gasteiger partial charge < -0.3 is 14.8 Å². The van der Waals surface area contributed by atoms with Crippen molar-refractivity contribution in [2.75, 3.05) is 27.3 Å². The lowest BCUT2D eigenvalue weighted by Gasteiger charge is -2.15. The minimum atomic E-state index is -0.00676. The van der Waals surface area contributed by atoms with Crippen molar-refractivity contribution in [3.8, 4) is 5.88 Å². The Hall–Kier alpha value is -1.07. The van der Waals surface area contributed by atoms with Crippen LogP contribution in [-0.4, -0.2) is 43.6 Å². The fraction of sp³-hybridized carbons (Fsp3) is 0.667. The molecule has 0 amide bonds. The Bertz CT molecular complexity index is 256. The standard InChI is InChI=1S/C9H17N3O2/c1-7-4-9(12-11-7)14-8(5-10-2)6-13-3/h4,8,10H,5-6H2,1-3H3,(H,11,12). The summed E-state index contributed by atoms with van der Waals surface area (Å²) >= 11 is 0. The maximum atomic E-state index is 5.59. The topological polar surface area (TPSA) is 59.2 Å². The Balaban J connectivity index is 2.46. The van der Waals surface area contributed by atoms with Crippen molar-refractivity contribution in [3.05, 3.63) is 11.8 Å². The van der Waals surface area contributed by atoms with Crippen LogP contribution in [0.1, 0.15) is 5.69 Å². The molecule has 0 radical (unpaired) electrons. The van der Waals surface area contributed by atoms with Crippen LogP contribution in [0.25, 0.3) is 0 Å². The molecular formula is C9H17N3O2. The van der Waals surface area contributed by atoms with Crippen molar-refractivity contribution in [3.63, 3.8) is 0 Å². The maximum Gasteiger partial charge on any atom is 0.233 e. The van der Waals surface area contributed by atoms with Gasteiger partial charge in [0.25, 0.3) is 0 Å². The molecule has 14 heavy (non-hydrogen) atoms. The van der Waals surface area contributed by atoms with Crippen LogP contribution >= 0.6 is 0 Å². The van der Waals surface area contributed by atoms with Crippen LogP contribution < -0.4 is 10.1 Å². The molecule has 2 N–H and O–H groups in total. The van der Waals surface area contributed by atoms with Crippen LogP contribution in [0.2, 0.25) is 0 Å². The highest BCUT2D eigenvalue weighted by atomic mass is 16.5. The van der Waals surface area contributed by atoms with Gasteiger partial charge in [-0.25, -0.2) is 0 Å². The van der Waals surface area contributed by atoms with Crippen molar-refractivity contribution in [1.29, 1.82) is 0 Å². The minimum Gasteiger partial charge on any atom is -0.469 e. The largest absolute Gasteiger partial charge is 0.469 e. The Morgan fingerprint density at radius 3 is 2.93 bits per heavy atom. The van der Waals surface area contributed by atoms with Gasteiger partial charge in [0.15, 0.2) is 0 Å². The maximum absolute atomic E-state index is 5.59. The zero-order valence-corrected chi connectivity index (χ0v) is 8.83. The van der Waals surface area contributed by atoms with Gasteiger partial charge in [-0.3, -0.25) is 5.10 Å². The van der Waals surface area contributed by atoms with Crippen molar-refractivity contribution in [1.82, 2.24) is 15.5 Å². The third-order valence-corrected chi connectivity index (χ3v) is 1.75. The second-order valence-corrected chi connectivity index (χ2v) is 3.14. The van der Waals surface area contributed by atoms with Crippen molar-refractivity contribution in [2.24, 2.45) is 0 Å². The van der Waals surface area contributed by atoms with Crippen LogP contribution in [0.15, 0.2) is 6.07 Å². The molecule has 0 saturated carbocycles. The van der Waals surface area contributed by atoms with Crippen LogP contribution in [0.5, 0.6) is 5.88 Å². The highest BCUT2D eigenvalue weighted by Gasteiger charge is 2.10. The van der Waals surface area contributed by atoms with Gasteiger partial charge in [-0.1, -0.05) is 0 Å². The summed E-state index contributed by atoms with van der Waals surface area (Å²) in [7, 11) is 3.53. The molecule has 0 aliphatic heterocycles. The van der Waals surface area contributed by atoms with Gasteiger partial charge in [-0.05, 0) is 14.0 Å². The number of likely N-dealkylation sites (N-methyl/N-ethyl adjacent to an activating group) is 1. The van der Waals surface area contributed by atoms with E-state index >= 15 is 0 Å². The first-order chi connectivity index (χ1) is 6.76. The van der Waals surface area contributed by atoms with Gasteiger partial charge >= 0.3 is 0 Å². The van der Waals surface area contributed by atoms with Crippen molar-refractivity contribution < 1.29 is 9.47 Å². The smallest absolute Gasteiger partial charge is 0.233 e. The summed E-state index contributed by atoms with van der Waals surface area (Å²) in [5.41, 5.74) is 0.987. The fourth-order valence-electron chi connectivity index (χ4n) is 1.17. The first-order valence-electron chi connectivity index (χ1n) is 4.58. The van der Waals surface area contributed by atoms with Crippen LogP contribution in [-0.2, 0) is 4.74 Å². The SMILES string of the molecule is CNCC(COC)Oc1cc(C)[nH]n1. The van der Waals surface area contributed by atoms with Crippen LogP contribution in [0, 0.1) is 6.92 Å². The number of aromatic nitrogens is 2. The van der Waals surface area contributed by atoms with Gasteiger partial charge in [0.1, 0.15) is 6.10 Å². The molecule has 1 rings (SSSR count). The summed E-state index contributed by atoms with van der Waals surface area (Å²) in [6.45, 7) is 3.22. The summed E-state index contributed by atoms with van der Waals surface area (Å²) in [4.78, 5) is 0. The van der Waals surface area contributed by atoms with E-state index in [0.717, 1.165) is 12.2 Å². The first-order valence-corrected chi connectivity index (χ1v) is 4.58. The molecule has 5 nitrogen and oxygen atoms in total. The molecule has 1 aromatic heterocycles. The van der Waals surface area contributed by atoms with E-state index in [2.05, 4.69) is 15.5 Å². The Morgan fingerprint density at radius 1 is 1.64 bits per heavy atom. The summed E-state index contributed by atoms with van der Waals surface area (Å²) in [5.74, 6) is 0.611. The van der Waals surface area contributed by atoms with E-state index in [4.69, 9.17) is 9.47 Å². The molecular weight excluding hydrogens is 182 g/mol. The predicted octanol–water partition coefficient (Wildman–Crippen LogP) is 0.331. The quantitative estimate of drug-likeness (QED) is 0.693. The van der Waals surface area contributed by atoms with E-state index in [1.807, 2.05) is 20.0 Å². The number of rotatable bonds is 6. The van der Waals surface area contributed by atoms with Crippen molar-refractivity contribution in [2.45, 2.75) is 13.0 Å². The number of methoxy groups -OCH3 is 1. The lowest BCUT2D eigenvalue weighted by molar-refractivity contribution is 0.0787. The zero-order chi connectivity index (χ0) is 10.4. The molecule has 1 aromatic rings. The van der Waals surface area contributed by atoms with Gasteiger partial charge in [0.05, 0.1) is 6.61 Å². The summed E-state index contributed by atoms with van der Waals surface area (Å²) in [6.07, 6.45) is -0.00676. The normalized spacial score (nSPS) is 12.8. The Kier molecular flexibility index (Phi) is 4.42. The van der Waals surface area contributed by atoms with Gasteiger partial charge in [0, 0.05) is 25.4 Å². The number of aryl methyl sites for hydroxylation is 1. The number of H-pyrrole nitrogens is 1. The van der Waals surface area contributed by atoms with E-state index in [-0.39, 0.29) is 6.10 Å². The van der Waals surface area contributed by atoms with Crippen LogP contribution in [0.3, 0.4) is 0 Å². The molecule has 0 aliphatic rings. The van der Waals surface area contributed by atoms with E-state index < -0.39 is 0 Å². The number of ether oxygens (including phenoxy) is 2. The lowest BCUT2D eigenvalue weighted by atomic mass is 10.4. The average Bonchev–Trinajstić information content (AvgIpc) is 2.52. The Labute approximate surface area is 83.8 Å². The number of nitrogens with zero attached hydrogens (tertiary/aromatic N) is 1. The zero-order valence-electron chi connectivity index (χ0n) is 8.83. The minimum absolute atomic E-state index is 0.00676. The molecule has 0 fully saturated rings. The van der Waals surface area contributed by atoms with E-state index in [1.54, 1.807) is 7.11 Å². The molecule has 0 spiro atoms.